The Morgan fingerprint density at radius 3 is 2.67 bits per heavy atom. The van der Waals surface area contributed by atoms with Gasteiger partial charge in [-0.3, -0.25) is 0 Å². The van der Waals surface area contributed by atoms with Gasteiger partial charge in [-0.15, -0.1) is 0 Å². The Balaban J connectivity index is 2.83. The zero-order chi connectivity index (χ0) is 11.2. The molecule has 0 atom stereocenters. The Hall–Kier alpha value is -1.23. The van der Waals surface area contributed by atoms with Crippen molar-refractivity contribution in [3.63, 3.8) is 0 Å². The van der Waals surface area contributed by atoms with Crippen molar-refractivity contribution in [2.45, 2.75) is 13.1 Å². The fraction of sp³-hybridized carbons (Fsp3) is 0.222. The van der Waals surface area contributed by atoms with Crippen LogP contribution in [0, 0.1) is 6.92 Å². The first-order valence-electron chi connectivity index (χ1n) is 4.10. The minimum atomic E-state index is -4.41. The first-order valence-corrected chi connectivity index (χ1v) is 4.48. The van der Waals surface area contributed by atoms with E-state index in [1.165, 1.54) is 6.07 Å². The van der Waals surface area contributed by atoms with Crippen LogP contribution in [0.5, 0.6) is 0 Å². The molecule has 2 aromatic rings. The van der Waals surface area contributed by atoms with Crippen LogP contribution in [0.25, 0.3) is 10.9 Å². The SMILES string of the molecule is Cc1cc2c(C(F)(F)F)cnc(Cl)c2[nH]1. The molecule has 0 amide bonds. The second kappa shape index (κ2) is 3.13. The van der Waals surface area contributed by atoms with Crippen LogP contribution in [0.4, 0.5) is 13.2 Å². The molecule has 0 unspecified atom stereocenters. The van der Waals surface area contributed by atoms with E-state index in [1.54, 1.807) is 6.92 Å². The topological polar surface area (TPSA) is 28.7 Å². The molecule has 15 heavy (non-hydrogen) atoms. The van der Waals surface area contributed by atoms with E-state index in [2.05, 4.69) is 9.97 Å². The molecule has 0 aliphatic heterocycles. The van der Waals surface area contributed by atoms with Gasteiger partial charge in [-0.1, -0.05) is 11.6 Å². The van der Waals surface area contributed by atoms with Gasteiger partial charge in [-0.05, 0) is 13.0 Å². The van der Waals surface area contributed by atoms with Gasteiger partial charge in [0.1, 0.15) is 0 Å². The highest BCUT2D eigenvalue weighted by Crippen LogP contribution is 2.36. The van der Waals surface area contributed by atoms with Gasteiger partial charge < -0.3 is 4.98 Å². The van der Waals surface area contributed by atoms with E-state index in [0.29, 0.717) is 5.69 Å². The van der Waals surface area contributed by atoms with Crippen molar-refractivity contribution in [1.82, 2.24) is 9.97 Å². The first-order chi connectivity index (χ1) is 6.89. The number of pyridine rings is 1. The molecular formula is C9H6ClF3N2. The average Bonchev–Trinajstić information content (AvgIpc) is 2.45. The van der Waals surface area contributed by atoms with E-state index in [4.69, 9.17) is 11.6 Å². The lowest BCUT2D eigenvalue weighted by atomic mass is 10.2. The summed E-state index contributed by atoms with van der Waals surface area (Å²) >= 11 is 5.68. The second-order valence-corrected chi connectivity index (χ2v) is 3.56. The zero-order valence-corrected chi connectivity index (χ0v) is 8.37. The van der Waals surface area contributed by atoms with Crippen molar-refractivity contribution in [2.75, 3.05) is 0 Å². The number of rotatable bonds is 0. The predicted octanol–water partition coefficient (Wildman–Crippen LogP) is 3.54. The smallest absolute Gasteiger partial charge is 0.356 e. The van der Waals surface area contributed by atoms with Crippen LogP contribution in [-0.2, 0) is 6.18 Å². The largest absolute Gasteiger partial charge is 0.418 e. The van der Waals surface area contributed by atoms with E-state index in [9.17, 15) is 13.2 Å². The summed E-state index contributed by atoms with van der Waals surface area (Å²) in [5, 5.41) is 0.103. The number of aryl methyl sites for hydroxylation is 1. The standard InChI is InChI=1S/C9H6ClF3N2/c1-4-2-5-6(9(11,12)13)3-14-8(10)7(5)15-4/h2-3,15H,1H3. The van der Waals surface area contributed by atoms with E-state index in [-0.39, 0.29) is 16.1 Å². The molecule has 0 aromatic carbocycles. The van der Waals surface area contributed by atoms with Crippen molar-refractivity contribution >= 4 is 22.5 Å². The summed E-state index contributed by atoms with van der Waals surface area (Å²) in [6, 6.07) is 1.41. The molecule has 2 aromatic heterocycles. The van der Waals surface area contributed by atoms with Gasteiger partial charge >= 0.3 is 6.18 Å². The quantitative estimate of drug-likeness (QED) is 0.694. The molecule has 0 aliphatic carbocycles. The van der Waals surface area contributed by atoms with Gasteiger partial charge in [-0.25, -0.2) is 4.98 Å². The number of nitrogens with one attached hydrogen (secondary N) is 1. The third-order valence-electron chi connectivity index (χ3n) is 2.06. The van der Waals surface area contributed by atoms with Gasteiger partial charge in [0.15, 0.2) is 5.15 Å². The van der Waals surface area contributed by atoms with Gasteiger partial charge in [0, 0.05) is 17.3 Å². The van der Waals surface area contributed by atoms with Crippen LogP contribution in [-0.4, -0.2) is 9.97 Å². The van der Waals surface area contributed by atoms with Crippen LogP contribution in [0.3, 0.4) is 0 Å². The molecule has 6 heteroatoms. The lowest BCUT2D eigenvalue weighted by Crippen LogP contribution is -2.06. The van der Waals surface area contributed by atoms with Gasteiger partial charge in [0.25, 0.3) is 0 Å². The molecule has 0 aliphatic rings. The molecule has 2 nitrogen and oxygen atoms in total. The maximum Gasteiger partial charge on any atom is 0.418 e. The molecule has 2 rings (SSSR count). The minimum Gasteiger partial charge on any atom is -0.356 e. The predicted molar refractivity (Wildman–Crippen MR) is 50.8 cm³/mol. The summed E-state index contributed by atoms with van der Waals surface area (Å²) in [5.41, 5.74) is 0.0700. The molecule has 2 heterocycles. The number of hydrogen-bond acceptors (Lipinski definition) is 1. The third-order valence-corrected chi connectivity index (χ3v) is 2.35. The highest BCUT2D eigenvalue weighted by Gasteiger charge is 2.33. The normalized spacial score (nSPS) is 12.3. The van der Waals surface area contributed by atoms with Crippen LogP contribution in [0.15, 0.2) is 12.3 Å². The fourth-order valence-corrected chi connectivity index (χ4v) is 1.64. The van der Waals surface area contributed by atoms with Crippen LogP contribution >= 0.6 is 11.6 Å². The second-order valence-electron chi connectivity index (χ2n) is 3.20. The Bertz CT molecular complexity index is 516. The number of hydrogen-bond donors (Lipinski definition) is 1. The molecule has 0 bridgehead atoms. The summed E-state index contributed by atoms with van der Waals surface area (Å²) in [5.74, 6) is 0. The van der Waals surface area contributed by atoms with E-state index in [0.717, 1.165) is 6.20 Å². The fourth-order valence-electron chi connectivity index (χ4n) is 1.45. The summed E-state index contributed by atoms with van der Waals surface area (Å²) < 4.78 is 37.7. The number of fused-ring (bicyclic) bond motifs is 1. The average molecular weight is 235 g/mol. The third kappa shape index (κ3) is 1.67. The molecule has 0 radical (unpaired) electrons. The Labute approximate surface area is 88.1 Å². The first kappa shape index (κ1) is 10.3. The summed E-state index contributed by atoms with van der Waals surface area (Å²) in [6.07, 6.45) is -3.66. The van der Waals surface area contributed by atoms with Gasteiger partial charge in [0.05, 0.1) is 11.1 Å². The Morgan fingerprint density at radius 1 is 1.40 bits per heavy atom. The number of aromatic amines is 1. The molecule has 0 fully saturated rings. The van der Waals surface area contributed by atoms with Crippen molar-refractivity contribution in [3.8, 4) is 0 Å². The van der Waals surface area contributed by atoms with Crippen LogP contribution in [0.1, 0.15) is 11.3 Å². The summed E-state index contributed by atoms with van der Waals surface area (Å²) in [7, 11) is 0. The van der Waals surface area contributed by atoms with Crippen LogP contribution in [0.2, 0.25) is 5.15 Å². The van der Waals surface area contributed by atoms with E-state index < -0.39 is 11.7 Å². The van der Waals surface area contributed by atoms with Crippen LogP contribution < -0.4 is 0 Å². The van der Waals surface area contributed by atoms with Crippen molar-refractivity contribution in [1.29, 1.82) is 0 Å². The number of aromatic nitrogens is 2. The van der Waals surface area contributed by atoms with Gasteiger partial charge in [0.2, 0.25) is 0 Å². The van der Waals surface area contributed by atoms with E-state index in [1.807, 2.05) is 0 Å². The maximum absolute atomic E-state index is 12.6. The molecule has 80 valence electrons. The van der Waals surface area contributed by atoms with Crippen molar-refractivity contribution in [3.05, 3.63) is 28.7 Å². The number of nitrogens with zero attached hydrogens (tertiary/aromatic N) is 1. The lowest BCUT2D eigenvalue weighted by molar-refractivity contribution is -0.136. The summed E-state index contributed by atoms with van der Waals surface area (Å²) in [6.45, 7) is 1.66. The Morgan fingerprint density at radius 2 is 2.07 bits per heavy atom. The highest BCUT2D eigenvalue weighted by molar-refractivity contribution is 6.33. The summed E-state index contributed by atoms with van der Waals surface area (Å²) in [4.78, 5) is 6.25. The number of H-pyrrole nitrogens is 1. The van der Waals surface area contributed by atoms with Crippen molar-refractivity contribution < 1.29 is 13.2 Å². The lowest BCUT2D eigenvalue weighted by Gasteiger charge is -2.07. The molecule has 0 saturated heterocycles. The van der Waals surface area contributed by atoms with E-state index >= 15 is 0 Å². The monoisotopic (exact) mass is 234 g/mol. The number of halogens is 4. The molecular weight excluding hydrogens is 229 g/mol. The highest BCUT2D eigenvalue weighted by atomic mass is 35.5. The Kier molecular flexibility index (Phi) is 2.15. The zero-order valence-electron chi connectivity index (χ0n) is 7.61. The maximum atomic E-state index is 12.6. The number of alkyl halides is 3. The van der Waals surface area contributed by atoms with Gasteiger partial charge in [-0.2, -0.15) is 13.2 Å². The molecule has 1 N–H and O–H groups in total. The minimum absolute atomic E-state index is 0.0473. The van der Waals surface area contributed by atoms with Crippen molar-refractivity contribution in [2.24, 2.45) is 0 Å². The molecule has 0 saturated carbocycles. The molecule has 0 spiro atoms.